The normalized spacial score (nSPS) is 12.3. The Kier molecular flexibility index (Phi) is 15.4. The van der Waals surface area contributed by atoms with Crippen LogP contribution in [0.5, 0.6) is 0 Å². The summed E-state index contributed by atoms with van der Waals surface area (Å²) in [6.07, 6.45) is 0.874. The van der Waals surface area contributed by atoms with Gasteiger partial charge in [0.2, 0.25) is 0 Å². The maximum absolute atomic E-state index is 11.7. The molecule has 0 aromatic heterocycles. The molecule has 0 aliphatic heterocycles. The molecule has 0 atom stereocenters. The minimum atomic E-state index is -0.305. The number of hydrogen-bond acceptors (Lipinski definition) is 7. The fraction of sp³-hybridized carbons (Fsp3) is 0.909. The lowest BCUT2D eigenvalue weighted by atomic mass is 9.89. The number of rotatable bonds is 18. The van der Waals surface area contributed by atoms with E-state index in [1.165, 1.54) is 0 Å². The van der Waals surface area contributed by atoms with Gasteiger partial charge >= 0.3 is 0 Å². The minimum Gasteiger partial charge on any atom is -0.379 e. The van der Waals surface area contributed by atoms with Crippen LogP contribution < -0.4 is 0 Å². The number of carbonyl (C=O) groups excluding carboxylic acids is 2. The number of ether oxygens (including phenoxy) is 5. The van der Waals surface area contributed by atoms with Crippen LogP contribution in [0.15, 0.2) is 0 Å². The maximum atomic E-state index is 11.7. The van der Waals surface area contributed by atoms with Crippen molar-refractivity contribution >= 4 is 11.6 Å². The summed E-state index contributed by atoms with van der Waals surface area (Å²) in [6, 6.07) is 0. The van der Waals surface area contributed by atoms with E-state index in [-0.39, 0.29) is 22.4 Å². The van der Waals surface area contributed by atoms with Crippen molar-refractivity contribution in [3.05, 3.63) is 0 Å². The van der Waals surface area contributed by atoms with Crippen molar-refractivity contribution in [3.63, 3.8) is 0 Å². The summed E-state index contributed by atoms with van der Waals surface area (Å²) in [4.78, 5) is 23.4. The molecule has 0 radical (unpaired) electrons. The molecule has 0 aromatic carbocycles. The number of carbonyl (C=O) groups is 2. The summed E-state index contributed by atoms with van der Waals surface area (Å²) in [5.74, 6) is 0.410. The lowest BCUT2D eigenvalue weighted by molar-refractivity contribution is -0.128. The first-order valence-electron chi connectivity index (χ1n) is 10.5. The molecule has 7 heteroatoms. The van der Waals surface area contributed by atoms with Gasteiger partial charge in [-0.3, -0.25) is 9.59 Å². The molecule has 0 spiro atoms. The van der Waals surface area contributed by atoms with Gasteiger partial charge in [0.05, 0.1) is 66.1 Å². The molecule has 0 saturated carbocycles. The third-order valence-electron chi connectivity index (χ3n) is 4.11. The average Bonchev–Trinajstić information content (AvgIpc) is 2.62. The third kappa shape index (κ3) is 17.7. The molecule has 0 amide bonds. The van der Waals surface area contributed by atoms with Gasteiger partial charge in [-0.25, -0.2) is 0 Å². The van der Waals surface area contributed by atoms with E-state index in [9.17, 15) is 9.59 Å². The summed E-state index contributed by atoms with van der Waals surface area (Å²) in [5, 5.41) is 0. The quantitative estimate of drug-likeness (QED) is 0.316. The van der Waals surface area contributed by atoms with Gasteiger partial charge in [-0.1, -0.05) is 41.5 Å². The largest absolute Gasteiger partial charge is 0.379 e. The van der Waals surface area contributed by atoms with Gasteiger partial charge in [-0.15, -0.1) is 0 Å². The van der Waals surface area contributed by atoms with Crippen molar-refractivity contribution < 1.29 is 33.3 Å². The van der Waals surface area contributed by atoms with Gasteiger partial charge in [0.1, 0.15) is 11.6 Å². The standard InChI is InChI=1S/C22H42O7/c1-21(2,3)19(23)7-9-25-11-13-27-15-17-29-18-16-28-14-12-26-10-8-20(24)22(4,5)6/h7-18H2,1-6H3. The fourth-order valence-electron chi connectivity index (χ4n) is 2.06. The van der Waals surface area contributed by atoms with Crippen LogP contribution >= 0.6 is 0 Å². The van der Waals surface area contributed by atoms with E-state index < -0.39 is 0 Å². The molecule has 0 unspecified atom stereocenters. The smallest absolute Gasteiger partial charge is 0.140 e. The number of hydrogen-bond donors (Lipinski definition) is 0. The Hall–Kier alpha value is -0.860. The molecule has 0 N–H and O–H groups in total. The highest BCUT2D eigenvalue weighted by atomic mass is 16.6. The highest BCUT2D eigenvalue weighted by Crippen LogP contribution is 2.17. The topological polar surface area (TPSA) is 80.3 Å². The lowest BCUT2D eigenvalue weighted by Crippen LogP contribution is -2.22. The SMILES string of the molecule is CC(C)(C)C(=O)CCOCCOCCOCCOCCOCCC(=O)C(C)(C)C. The predicted octanol–water partition coefficient (Wildman–Crippen LogP) is 3.08. The molecule has 0 rings (SSSR count). The molecular formula is C22H42O7. The zero-order valence-corrected chi connectivity index (χ0v) is 19.3. The maximum Gasteiger partial charge on any atom is 0.140 e. The van der Waals surface area contributed by atoms with Crippen LogP contribution in [0.4, 0.5) is 0 Å². The summed E-state index contributed by atoms with van der Waals surface area (Å²) in [7, 11) is 0. The van der Waals surface area contributed by atoms with E-state index in [1.807, 2.05) is 41.5 Å². The lowest BCUT2D eigenvalue weighted by Gasteiger charge is -2.16. The van der Waals surface area contributed by atoms with Crippen molar-refractivity contribution in [2.45, 2.75) is 54.4 Å². The molecule has 0 aliphatic rings. The summed E-state index contributed by atoms with van der Waals surface area (Å²) in [6.45, 7) is 16.2. The van der Waals surface area contributed by atoms with Crippen molar-refractivity contribution in [2.75, 3.05) is 66.1 Å². The summed E-state index contributed by atoms with van der Waals surface area (Å²) in [5.41, 5.74) is -0.610. The molecular weight excluding hydrogens is 376 g/mol. The van der Waals surface area contributed by atoms with E-state index in [2.05, 4.69) is 0 Å². The zero-order chi connectivity index (χ0) is 22.2. The van der Waals surface area contributed by atoms with E-state index in [0.717, 1.165) is 0 Å². The van der Waals surface area contributed by atoms with Crippen molar-refractivity contribution in [1.82, 2.24) is 0 Å². The molecule has 29 heavy (non-hydrogen) atoms. The zero-order valence-electron chi connectivity index (χ0n) is 19.3. The molecule has 7 nitrogen and oxygen atoms in total. The van der Waals surface area contributed by atoms with Crippen LogP contribution in [0.2, 0.25) is 0 Å². The Bertz CT molecular complexity index is 395. The van der Waals surface area contributed by atoms with Crippen LogP contribution in [-0.2, 0) is 33.3 Å². The van der Waals surface area contributed by atoms with E-state index in [1.54, 1.807) is 0 Å². The molecule has 0 bridgehead atoms. The van der Waals surface area contributed by atoms with Crippen LogP contribution in [-0.4, -0.2) is 77.6 Å². The van der Waals surface area contributed by atoms with Gasteiger partial charge in [-0.05, 0) is 0 Å². The molecule has 0 saturated heterocycles. The number of ketones is 2. The second-order valence-electron chi connectivity index (χ2n) is 8.91. The Balaban J connectivity index is 3.23. The molecule has 0 aliphatic carbocycles. The highest BCUT2D eigenvalue weighted by Gasteiger charge is 2.20. The summed E-state index contributed by atoms with van der Waals surface area (Å²) < 4.78 is 27.0. The van der Waals surface area contributed by atoms with Crippen molar-refractivity contribution in [1.29, 1.82) is 0 Å². The van der Waals surface area contributed by atoms with Gasteiger partial charge in [-0.2, -0.15) is 0 Å². The van der Waals surface area contributed by atoms with E-state index >= 15 is 0 Å². The third-order valence-corrected chi connectivity index (χ3v) is 4.11. The second-order valence-corrected chi connectivity index (χ2v) is 8.91. The van der Waals surface area contributed by atoms with Gasteiger partial charge in [0.15, 0.2) is 0 Å². The Morgan fingerprint density at radius 3 is 0.862 bits per heavy atom. The van der Waals surface area contributed by atoms with Crippen molar-refractivity contribution in [3.8, 4) is 0 Å². The highest BCUT2D eigenvalue weighted by molar-refractivity contribution is 5.84. The summed E-state index contributed by atoms with van der Waals surface area (Å²) >= 11 is 0. The van der Waals surface area contributed by atoms with E-state index in [4.69, 9.17) is 23.7 Å². The van der Waals surface area contributed by atoms with Crippen LogP contribution in [0.1, 0.15) is 54.4 Å². The first-order valence-corrected chi connectivity index (χ1v) is 10.5. The Morgan fingerprint density at radius 2 is 0.655 bits per heavy atom. The molecule has 172 valence electrons. The monoisotopic (exact) mass is 418 g/mol. The first kappa shape index (κ1) is 28.1. The van der Waals surface area contributed by atoms with Crippen molar-refractivity contribution in [2.24, 2.45) is 10.8 Å². The Labute approximate surface area is 176 Å². The van der Waals surface area contributed by atoms with Crippen LogP contribution in [0.3, 0.4) is 0 Å². The van der Waals surface area contributed by atoms with Gasteiger partial charge in [0.25, 0.3) is 0 Å². The van der Waals surface area contributed by atoms with Crippen LogP contribution in [0.25, 0.3) is 0 Å². The fourth-order valence-corrected chi connectivity index (χ4v) is 2.06. The van der Waals surface area contributed by atoms with Crippen LogP contribution in [0, 0.1) is 10.8 Å². The molecule has 0 heterocycles. The van der Waals surface area contributed by atoms with Gasteiger partial charge in [0, 0.05) is 23.7 Å². The Morgan fingerprint density at radius 1 is 0.448 bits per heavy atom. The average molecular weight is 419 g/mol. The molecule has 0 fully saturated rings. The first-order chi connectivity index (χ1) is 13.5. The predicted molar refractivity (Wildman–Crippen MR) is 112 cm³/mol. The number of Topliss-reactive ketones (excluding diaryl/α,β-unsaturated/α-hetero) is 2. The minimum absolute atomic E-state index is 0.205. The second kappa shape index (κ2) is 15.9. The molecule has 0 aromatic rings. The van der Waals surface area contributed by atoms with Gasteiger partial charge < -0.3 is 23.7 Å². The van der Waals surface area contributed by atoms with E-state index in [0.29, 0.717) is 78.9 Å².